The molecule has 10 heteroatoms. The first-order valence-electron chi connectivity index (χ1n) is 7.43. The summed E-state index contributed by atoms with van der Waals surface area (Å²) in [6.07, 6.45) is 0. The molecule has 1 aromatic carbocycles. The van der Waals surface area contributed by atoms with Gasteiger partial charge in [0.05, 0.1) is 27.9 Å². The number of hydrogen-bond donors (Lipinski definition) is 1. The molecule has 1 N–H and O–H groups in total. The number of anilines is 1. The van der Waals surface area contributed by atoms with E-state index >= 15 is 0 Å². The fraction of sp³-hybridized carbons (Fsp3) is 0.118. The number of rotatable bonds is 4. The maximum absolute atomic E-state index is 12.5. The highest BCUT2D eigenvalue weighted by Gasteiger charge is 2.21. The SMILES string of the molecule is COc1ccc(C)cc1-c1csc(NC(=O)c2nc(Cl)c(Cl)c(Cl)c2Cl)n1. The third kappa shape index (κ3) is 4.15. The number of carbonyl (C=O) groups excluding carboxylic acids is 1. The van der Waals surface area contributed by atoms with Crippen LogP contribution in [0, 0.1) is 6.92 Å². The van der Waals surface area contributed by atoms with Crippen LogP contribution in [0.3, 0.4) is 0 Å². The van der Waals surface area contributed by atoms with Crippen molar-refractivity contribution in [1.29, 1.82) is 0 Å². The highest BCUT2D eigenvalue weighted by atomic mass is 35.5. The number of ether oxygens (including phenoxy) is 1. The molecule has 0 aliphatic heterocycles. The molecule has 0 atom stereocenters. The Kier molecular flexibility index (Phi) is 6.13. The molecule has 0 unspecified atom stereocenters. The van der Waals surface area contributed by atoms with Crippen LogP contribution in [0.5, 0.6) is 5.75 Å². The molecule has 5 nitrogen and oxygen atoms in total. The van der Waals surface area contributed by atoms with Gasteiger partial charge in [-0.3, -0.25) is 10.1 Å². The van der Waals surface area contributed by atoms with Crippen molar-refractivity contribution in [3.05, 3.63) is 55.1 Å². The molecule has 2 heterocycles. The second-order valence-corrected chi connectivity index (χ2v) is 7.74. The topological polar surface area (TPSA) is 64.1 Å². The molecular formula is C17H11Cl4N3O2S. The Morgan fingerprint density at radius 2 is 1.85 bits per heavy atom. The molecule has 3 rings (SSSR count). The van der Waals surface area contributed by atoms with E-state index in [0.29, 0.717) is 16.6 Å². The second-order valence-electron chi connectivity index (χ2n) is 5.39. The average Bonchev–Trinajstić information content (AvgIpc) is 3.11. The Labute approximate surface area is 179 Å². The number of carbonyl (C=O) groups is 1. The molecule has 0 aliphatic rings. The summed E-state index contributed by atoms with van der Waals surface area (Å²) >= 11 is 25.0. The van der Waals surface area contributed by atoms with Crippen molar-refractivity contribution in [2.75, 3.05) is 12.4 Å². The Balaban J connectivity index is 1.89. The van der Waals surface area contributed by atoms with Crippen molar-refractivity contribution in [1.82, 2.24) is 9.97 Å². The number of methoxy groups -OCH3 is 1. The van der Waals surface area contributed by atoms with Gasteiger partial charge in [0.1, 0.15) is 10.9 Å². The van der Waals surface area contributed by atoms with E-state index in [0.717, 1.165) is 11.1 Å². The first kappa shape index (κ1) is 20.2. The van der Waals surface area contributed by atoms with Gasteiger partial charge < -0.3 is 4.74 Å². The maximum atomic E-state index is 12.5. The largest absolute Gasteiger partial charge is 0.496 e. The normalized spacial score (nSPS) is 10.7. The van der Waals surface area contributed by atoms with Gasteiger partial charge in [-0.1, -0.05) is 58.0 Å². The molecule has 1 amide bonds. The van der Waals surface area contributed by atoms with Crippen molar-refractivity contribution >= 4 is 68.8 Å². The first-order valence-corrected chi connectivity index (χ1v) is 9.82. The monoisotopic (exact) mass is 461 g/mol. The second kappa shape index (κ2) is 8.20. The van der Waals surface area contributed by atoms with Crippen LogP contribution in [0.1, 0.15) is 16.1 Å². The molecule has 0 aliphatic carbocycles. The van der Waals surface area contributed by atoms with Crippen LogP contribution in [0.2, 0.25) is 20.2 Å². The van der Waals surface area contributed by atoms with Crippen molar-refractivity contribution < 1.29 is 9.53 Å². The number of aryl methyl sites for hydroxylation is 1. The number of benzene rings is 1. The first-order chi connectivity index (χ1) is 12.8. The molecule has 0 saturated heterocycles. The molecule has 140 valence electrons. The Morgan fingerprint density at radius 3 is 2.56 bits per heavy atom. The van der Waals surface area contributed by atoms with Gasteiger partial charge in [0.15, 0.2) is 10.8 Å². The standard InChI is InChI=1S/C17H11Cl4N3O2S/c1-7-3-4-10(26-2)8(5-7)9-6-27-17(22-9)24-16(25)14-12(19)11(18)13(20)15(21)23-14/h3-6H,1-2H3,(H,22,24,25). The van der Waals surface area contributed by atoms with Gasteiger partial charge >= 0.3 is 0 Å². The molecule has 0 bridgehead atoms. The van der Waals surface area contributed by atoms with E-state index in [2.05, 4.69) is 15.3 Å². The summed E-state index contributed by atoms with van der Waals surface area (Å²) < 4.78 is 5.38. The Hall–Kier alpha value is -1.57. The Morgan fingerprint density at radius 1 is 1.11 bits per heavy atom. The van der Waals surface area contributed by atoms with Gasteiger partial charge in [0, 0.05) is 10.9 Å². The van der Waals surface area contributed by atoms with Gasteiger partial charge in [-0.2, -0.15) is 0 Å². The minimum Gasteiger partial charge on any atom is -0.496 e. The summed E-state index contributed by atoms with van der Waals surface area (Å²) in [6, 6.07) is 5.76. The number of hydrogen-bond acceptors (Lipinski definition) is 5. The van der Waals surface area contributed by atoms with Gasteiger partial charge in [0.25, 0.3) is 5.91 Å². The molecule has 0 fully saturated rings. The van der Waals surface area contributed by atoms with Crippen LogP contribution in [0.25, 0.3) is 11.3 Å². The lowest BCUT2D eigenvalue weighted by Crippen LogP contribution is -2.14. The quantitative estimate of drug-likeness (QED) is 0.456. The number of amides is 1. The summed E-state index contributed by atoms with van der Waals surface area (Å²) in [7, 11) is 1.59. The smallest absolute Gasteiger partial charge is 0.277 e. The lowest BCUT2D eigenvalue weighted by molar-refractivity contribution is 0.102. The van der Waals surface area contributed by atoms with E-state index in [1.807, 2.05) is 30.5 Å². The van der Waals surface area contributed by atoms with E-state index < -0.39 is 5.91 Å². The molecule has 0 saturated carbocycles. The van der Waals surface area contributed by atoms with Crippen molar-refractivity contribution in [3.8, 4) is 17.0 Å². The number of nitrogens with zero attached hydrogens (tertiary/aromatic N) is 2. The molecule has 0 radical (unpaired) electrons. The zero-order valence-electron chi connectivity index (χ0n) is 13.9. The summed E-state index contributed by atoms with van der Waals surface area (Å²) in [5, 5.41) is 4.57. The average molecular weight is 463 g/mol. The summed E-state index contributed by atoms with van der Waals surface area (Å²) in [5.41, 5.74) is 2.41. The van der Waals surface area contributed by atoms with E-state index in [1.165, 1.54) is 11.3 Å². The molecule has 2 aromatic heterocycles. The molecule has 0 spiro atoms. The third-order valence-corrected chi connectivity index (χ3v) is 5.99. The molecule has 27 heavy (non-hydrogen) atoms. The zero-order valence-corrected chi connectivity index (χ0v) is 17.8. The minimum atomic E-state index is -0.599. The number of pyridine rings is 1. The van der Waals surface area contributed by atoms with Crippen LogP contribution in [-0.2, 0) is 0 Å². The van der Waals surface area contributed by atoms with Crippen molar-refractivity contribution in [2.24, 2.45) is 0 Å². The predicted octanol–water partition coefficient (Wildman–Crippen LogP) is 6.39. The summed E-state index contributed by atoms with van der Waals surface area (Å²) in [6.45, 7) is 1.97. The van der Waals surface area contributed by atoms with Crippen LogP contribution >= 0.6 is 57.7 Å². The number of nitrogens with one attached hydrogen (secondary N) is 1. The van der Waals surface area contributed by atoms with Crippen LogP contribution in [0.15, 0.2) is 23.6 Å². The van der Waals surface area contributed by atoms with E-state index in [4.69, 9.17) is 51.1 Å². The fourth-order valence-corrected chi connectivity index (χ4v) is 3.79. The lowest BCUT2D eigenvalue weighted by atomic mass is 10.1. The fourth-order valence-electron chi connectivity index (χ4n) is 2.27. The highest BCUT2D eigenvalue weighted by Crippen LogP contribution is 2.37. The maximum Gasteiger partial charge on any atom is 0.277 e. The van der Waals surface area contributed by atoms with Crippen molar-refractivity contribution in [2.45, 2.75) is 6.92 Å². The third-order valence-electron chi connectivity index (χ3n) is 3.56. The Bertz CT molecular complexity index is 1040. The van der Waals surface area contributed by atoms with E-state index in [1.54, 1.807) is 7.11 Å². The number of aromatic nitrogens is 2. The molecular weight excluding hydrogens is 452 g/mol. The van der Waals surface area contributed by atoms with Crippen LogP contribution < -0.4 is 10.1 Å². The van der Waals surface area contributed by atoms with Crippen LogP contribution in [0.4, 0.5) is 5.13 Å². The van der Waals surface area contributed by atoms with Gasteiger partial charge in [-0.05, 0) is 19.1 Å². The van der Waals surface area contributed by atoms with E-state index in [9.17, 15) is 4.79 Å². The lowest BCUT2D eigenvalue weighted by Gasteiger charge is -2.08. The van der Waals surface area contributed by atoms with Crippen molar-refractivity contribution in [3.63, 3.8) is 0 Å². The zero-order chi connectivity index (χ0) is 19.7. The number of thiazole rings is 1. The van der Waals surface area contributed by atoms with Crippen LogP contribution in [-0.4, -0.2) is 23.0 Å². The van der Waals surface area contributed by atoms with E-state index in [-0.39, 0.29) is 25.9 Å². The summed E-state index contributed by atoms with van der Waals surface area (Å²) in [5.74, 6) is 0.0855. The van der Waals surface area contributed by atoms with Gasteiger partial charge in [0.2, 0.25) is 0 Å². The van der Waals surface area contributed by atoms with Gasteiger partial charge in [-0.25, -0.2) is 9.97 Å². The summed E-state index contributed by atoms with van der Waals surface area (Å²) in [4.78, 5) is 20.8. The van der Waals surface area contributed by atoms with Gasteiger partial charge in [-0.15, -0.1) is 11.3 Å². The minimum absolute atomic E-state index is 0.0111. The number of halogens is 4. The highest BCUT2D eigenvalue weighted by molar-refractivity contribution is 7.14. The molecule has 3 aromatic rings. The predicted molar refractivity (Wildman–Crippen MR) is 111 cm³/mol.